The van der Waals surface area contributed by atoms with Gasteiger partial charge < -0.3 is 15.7 Å². The molecule has 2 aliphatic heterocycles. The first-order valence-electron chi connectivity index (χ1n) is 8.59. The number of carbonyl (C=O) groups excluding carboxylic acids is 1. The Bertz CT molecular complexity index is 670. The van der Waals surface area contributed by atoms with Crippen LogP contribution in [-0.4, -0.2) is 52.2 Å². The van der Waals surface area contributed by atoms with E-state index in [1.54, 1.807) is 6.20 Å². The van der Waals surface area contributed by atoms with Gasteiger partial charge in [0.1, 0.15) is 5.82 Å². The van der Waals surface area contributed by atoms with Gasteiger partial charge in [-0.3, -0.25) is 9.69 Å². The Labute approximate surface area is 140 Å². The van der Waals surface area contributed by atoms with Crippen molar-refractivity contribution < 1.29 is 14.7 Å². The normalized spacial score (nSPS) is 32.6. The van der Waals surface area contributed by atoms with E-state index in [0.717, 1.165) is 50.8 Å². The number of carbonyl (C=O) groups is 2. The van der Waals surface area contributed by atoms with E-state index in [9.17, 15) is 9.59 Å². The number of aromatic nitrogens is 1. The van der Waals surface area contributed by atoms with Crippen molar-refractivity contribution in [2.45, 2.75) is 49.6 Å². The topological polar surface area (TPSA) is 94.6 Å². The first-order chi connectivity index (χ1) is 11.6. The van der Waals surface area contributed by atoms with E-state index in [1.807, 2.05) is 12.1 Å². The SMILES string of the molecule is O=C(O)N[C@H]1CCN(C2CCC3(CC2)C(=O)Nc2ncccc23)C1. The molecule has 3 heterocycles. The lowest BCUT2D eigenvalue weighted by molar-refractivity contribution is -0.122. The average Bonchev–Trinajstić information content (AvgIpc) is 3.12. The molecule has 3 aliphatic rings. The van der Waals surface area contributed by atoms with Crippen LogP contribution in [0.3, 0.4) is 0 Å². The maximum absolute atomic E-state index is 12.6. The van der Waals surface area contributed by atoms with Gasteiger partial charge in [-0.2, -0.15) is 0 Å². The van der Waals surface area contributed by atoms with E-state index in [1.165, 1.54) is 0 Å². The number of nitrogens with one attached hydrogen (secondary N) is 2. The Morgan fingerprint density at radius 3 is 2.92 bits per heavy atom. The highest BCUT2D eigenvalue weighted by Crippen LogP contribution is 2.47. The van der Waals surface area contributed by atoms with Gasteiger partial charge in [0.25, 0.3) is 0 Å². The van der Waals surface area contributed by atoms with Crippen molar-refractivity contribution in [2.24, 2.45) is 0 Å². The molecule has 1 aromatic heterocycles. The number of pyridine rings is 1. The molecule has 1 aliphatic carbocycles. The Morgan fingerprint density at radius 2 is 2.17 bits per heavy atom. The molecule has 1 saturated heterocycles. The van der Waals surface area contributed by atoms with Crippen LogP contribution in [0.5, 0.6) is 0 Å². The number of fused-ring (bicyclic) bond motifs is 2. The predicted molar refractivity (Wildman–Crippen MR) is 87.9 cm³/mol. The van der Waals surface area contributed by atoms with Crippen LogP contribution in [-0.2, 0) is 10.2 Å². The van der Waals surface area contributed by atoms with Crippen molar-refractivity contribution in [3.63, 3.8) is 0 Å². The number of hydrogen-bond acceptors (Lipinski definition) is 4. The van der Waals surface area contributed by atoms with Crippen LogP contribution in [0.1, 0.15) is 37.7 Å². The second-order valence-electron chi connectivity index (χ2n) is 7.10. The van der Waals surface area contributed by atoms with Gasteiger partial charge in [0.15, 0.2) is 0 Å². The number of hydrogen-bond donors (Lipinski definition) is 3. The number of amides is 2. The van der Waals surface area contributed by atoms with Crippen LogP contribution in [0.15, 0.2) is 18.3 Å². The summed E-state index contributed by atoms with van der Waals surface area (Å²) in [6.45, 7) is 1.70. The largest absolute Gasteiger partial charge is 0.465 e. The van der Waals surface area contributed by atoms with Crippen LogP contribution >= 0.6 is 0 Å². The Hall–Kier alpha value is -2.15. The molecule has 1 spiro atoms. The quantitative estimate of drug-likeness (QED) is 0.765. The lowest BCUT2D eigenvalue weighted by atomic mass is 9.69. The maximum atomic E-state index is 12.6. The molecule has 0 unspecified atom stereocenters. The Morgan fingerprint density at radius 1 is 1.38 bits per heavy atom. The highest BCUT2D eigenvalue weighted by atomic mass is 16.4. The van der Waals surface area contributed by atoms with Gasteiger partial charge in [-0.25, -0.2) is 9.78 Å². The van der Waals surface area contributed by atoms with Crippen LogP contribution < -0.4 is 10.6 Å². The highest BCUT2D eigenvalue weighted by Gasteiger charge is 2.50. The van der Waals surface area contributed by atoms with Crippen molar-refractivity contribution >= 4 is 17.8 Å². The van der Waals surface area contributed by atoms with E-state index in [2.05, 4.69) is 20.5 Å². The lowest BCUT2D eigenvalue weighted by Crippen LogP contribution is -2.45. The van der Waals surface area contributed by atoms with Gasteiger partial charge in [0, 0.05) is 36.9 Å². The monoisotopic (exact) mass is 330 g/mol. The van der Waals surface area contributed by atoms with Gasteiger partial charge >= 0.3 is 6.09 Å². The van der Waals surface area contributed by atoms with Gasteiger partial charge in [-0.15, -0.1) is 0 Å². The third kappa shape index (κ3) is 2.43. The van der Waals surface area contributed by atoms with E-state index in [-0.39, 0.29) is 11.9 Å². The molecule has 2 amide bonds. The summed E-state index contributed by atoms with van der Waals surface area (Å²) in [5.74, 6) is 0.800. The molecule has 1 saturated carbocycles. The fraction of sp³-hybridized carbons (Fsp3) is 0.588. The Balaban J connectivity index is 1.43. The van der Waals surface area contributed by atoms with Crippen molar-refractivity contribution in [3.05, 3.63) is 23.9 Å². The predicted octanol–water partition coefficient (Wildman–Crippen LogP) is 1.56. The average molecular weight is 330 g/mol. The smallest absolute Gasteiger partial charge is 0.404 e. The van der Waals surface area contributed by atoms with Crippen LogP contribution in [0, 0.1) is 0 Å². The molecular weight excluding hydrogens is 308 g/mol. The van der Waals surface area contributed by atoms with Gasteiger partial charge in [-0.05, 0) is 38.2 Å². The number of carboxylic acid groups (broad SMARTS) is 1. The minimum absolute atomic E-state index is 0.0260. The standard InChI is InChI=1S/C17H22N4O3/c22-15-17(13-2-1-8-18-14(13)20-15)6-3-12(4-7-17)21-9-5-11(10-21)19-16(23)24/h1-2,8,11-12,19H,3-7,9-10H2,(H,23,24)(H,18,20,22)/t11-,12?,17?/m0/s1. The van der Waals surface area contributed by atoms with E-state index < -0.39 is 11.5 Å². The van der Waals surface area contributed by atoms with Gasteiger partial charge in [0.2, 0.25) is 5.91 Å². The Kier molecular flexibility index (Phi) is 3.68. The van der Waals surface area contributed by atoms with E-state index >= 15 is 0 Å². The molecule has 7 nitrogen and oxygen atoms in total. The molecule has 0 aromatic carbocycles. The third-order valence-electron chi connectivity index (χ3n) is 5.86. The third-order valence-corrected chi connectivity index (χ3v) is 5.86. The molecule has 4 rings (SSSR count). The van der Waals surface area contributed by atoms with Crippen LogP contribution in [0.2, 0.25) is 0 Å². The van der Waals surface area contributed by atoms with Crippen LogP contribution in [0.4, 0.5) is 10.6 Å². The van der Waals surface area contributed by atoms with E-state index in [0.29, 0.717) is 11.9 Å². The second kappa shape index (κ2) is 5.73. The van der Waals surface area contributed by atoms with E-state index in [4.69, 9.17) is 5.11 Å². The highest BCUT2D eigenvalue weighted by molar-refractivity contribution is 6.05. The van der Waals surface area contributed by atoms with Gasteiger partial charge in [-0.1, -0.05) is 6.07 Å². The van der Waals surface area contributed by atoms with Crippen LogP contribution in [0.25, 0.3) is 0 Å². The van der Waals surface area contributed by atoms with Crippen molar-refractivity contribution in [2.75, 3.05) is 18.4 Å². The summed E-state index contributed by atoms with van der Waals surface area (Å²) < 4.78 is 0. The molecule has 3 N–H and O–H groups in total. The molecule has 1 aromatic rings. The number of likely N-dealkylation sites (tertiary alicyclic amines) is 1. The number of anilines is 1. The molecule has 24 heavy (non-hydrogen) atoms. The van der Waals surface area contributed by atoms with Crippen molar-refractivity contribution in [1.82, 2.24) is 15.2 Å². The molecule has 2 fully saturated rings. The molecule has 1 atom stereocenters. The fourth-order valence-corrected chi connectivity index (χ4v) is 4.61. The zero-order valence-corrected chi connectivity index (χ0v) is 13.5. The summed E-state index contributed by atoms with van der Waals surface area (Å²) in [6, 6.07) is 4.38. The summed E-state index contributed by atoms with van der Waals surface area (Å²) in [5, 5.41) is 14.4. The summed E-state index contributed by atoms with van der Waals surface area (Å²) in [6.07, 6.45) is 5.20. The molecular formula is C17H22N4O3. The van der Waals surface area contributed by atoms with Crippen molar-refractivity contribution in [3.8, 4) is 0 Å². The lowest BCUT2D eigenvalue weighted by Gasteiger charge is -2.39. The first-order valence-corrected chi connectivity index (χ1v) is 8.59. The molecule has 0 radical (unpaired) electrons. The minimum Gasteiger partial charge on any atom is -0.465 e. The number of nitrogens with zero attached hydrogens (tertiary/aromatic N) is 2. The fourth-order valence-electron chi connectivity index (χ4n) is 4.61. The maximum Gasteiger partial charge on any atom is 0.404 e. The summed E-state index contributed by atoms with van der Waals surface area (Å²) >= 11 is 0. The summed E-state index contributed by atoms with van der Waals surface area (Å²) in [5.41, 5.74) is 0.624. The molecule has 7 heteroatoms. The minimum atomic E-state index is -0.948. The number of rotatable bonds is 2. The molecule has 128 valence electrons. The molecule has 0 bridgehead atoms. The zero-order valence-electron chi connectivity index (χ0n) is 13.5. The zero-order chi connectivity index (χ0) is 16.7. The van der Waals surface area contributed by atoms with Gasteiger partial charge in [0.05, 0.1) is 5.41 Å². The summed E-state index contributed by atoms with van der Waals surface area (Å²) in [7, 11) is 0. The summed E-state index contributed by atoms with van der Waals surface area (Å²) in [4.78, 5) is 30.0. The first kappa shape index (κ1) is 15.4. The van der Waals surface area contributed by atoms with Crippen molar-refractivity contribution in [1.29, 1.82) is 0 Å². The second-order valence-corrected chi connectivity index (χ2v) is 7.10.